The third kappa shape index (κ3) is 7.14. The van der Waals surface area contributed by atoms with Crippen molar-refractivity contribution in [1.29, 1.82) is 0 Å². The average molecular weight is 311 g/mol. The van der Waals surface area contributed by atoms with Crippen LogP contribution in [0.2, 0.25) is 5.02 Å². The minimum atomic E-state index is -0.120. The lowest BCUT2D eigenvalue weighted by atomic mass is 10.1. The summed E-state index contributed by atoms with van der Waals surface area (Å²) < 4.78 is 0. The molecule has 0 saturated carbocycles. The van der Waals surface area contributed by atoms with Gasteiger partial charge in [0.1, 0.15) is 0 Å². The van der Waals surface area contributed by atoms with Gasteiger partial charge in [0.15, 0.2) is 0 Å². The lowest BCUT2D eigenvalue weighted by Crippen LogP contribution is -2.41. The molecule has 0 unspecified atom stereocenters. The predicted octanol–water partition coefficient (Wildman–Crippen LogP) is 2.50. The summed E-state index contributed by atoms with van der Waals surface area (Å²) in [4.78, 5) is 25.0. The van der Waals surface area contributed by atoms with E-state index in [4.69, 9.17) is 11.6 Å². The molecule has 1 rings (SSSR count). The molecule has 0 radical (unpaired) electrons. The van der Waals surface area contributed by atoms with Crippen molar-refractivity contribution in [2.24, 2.45) is 5.92 Å². The summed E-state index contributed by atoms with van der Waals surface area (Å²) in [5.41, 5.74) is 1.05. The summed E-state index contributed by atoms with van der Waals surface area (Å²) in [6, 6.07) is 7.53. The number of carbonyl (C=O) groups excluding carboxylic acids is 2. The fourth-order valence-electron chi connectivity index (χ4n) is 1.85. The Morgan fingerprint density at radius 1 is 1.33 bits per heavy atom. The normalized spacial score (nSPS) is 10.5. The van der Waals surface area contributed by atoms with Gasteiger partial charge in [-0.05, 0) is 30.0 Å². The minimum Gasteiger partial charge on any atom is -0.354 e. The molecule has 0 atom stereocenters. The average Bonchev–Trinajstić information content (AvgIpc) is 2.41. The van der Waals surface area contributed by atoms with Crippen molar-refractivity contribution in [2.45, 2.75) is 27.2 Å². The summed E-state index contributed by atoms with van der Waals surface area (Å²) >= 11 is 5.93. The molecule has 0 bridgehead atoms. The summed E-state index contributed by atoms with van der Waals surface area (Å²) in [6.07, 6.45) is 0.678. The van der Waals surface area contributed by atoms with Crippen LogP contribution in [0, 0.1) is 5.92 Å². The van der Waals surface area contributed by atoms with E-state index in [0.29, 0.717) is 30.5 Å². The van der Waals surface area contributed by atoms with Gasteiger partial charge in [0, 0.05) is 25.0 Å². The molecule has 0 heterocycles. The van der Waals surface area contributed by atoms with Crippen LogP contribution in [0.1, 0.15) is 26.3 Å². The molecule has 0 spiro atoms. The number of amides is 2. The molecule has 0 aromatic heterocycles. The first-order valence-electron chi connectivity index (χ1n) is 7.15. The van der Waals surface area contributed by atoms with E-state index >= 15 is 0 Å². The van der Waals surface area contributed by atoms with Crippen LogP contribution in [0.25, 0.3) is 0 Å². The zero-order chi connectivity index (χ0) is 15.8. The topological polar surface area (TPSA) is 49.4 Å². The Kier molecular flexibility index (Phi) is 7.23. The van der Waals surface area contributed by atoms with E-state index in [2.05, 4.69) is 5.32 Å². The van der Waals surface area contributed by atoms with Gasteiger partial charge in [0.2, 0.25) is 11.8 Å². The fraction of sp³-hybridized carbons (Fsp3) is 0.500. The summed E-state index contributed by atoms with van der Waals surface area (Å²) in [7, 11) is 0. The van der Waals surface area contributed by atoms with Crippen LogP contribution in [0.5, 0.6) is 0 Å². The summed E-state index contributed by atoms with van der Waals surface area (Å²) in [5.74, 6) is 0.174. The Morgan fingerprint density at radius 2 is 2.05 bits per heavy atom. The molecule has 5 heteroatoms. The van der Waals surface area contributed by atoms with Gasteiger partial charge < -0.3 is 10.2 Å². The number of hydrogen-bond acceptors (Lipinski definition) is 2. The zero-order valence-corrected chi connectivity index (χ0v) is 13.6. The van der Waals surface area contributed by atoms with Crippen molar-refractivity contribution >= 4 is 23.4 Å². The second-order valence-electron chi connectivity index (χ2n) is 5.52. The van der Waals surface area contributed by atoms with E-state index in [0.717, 1.165) is 5.56 Å². The maximum Gasteiger partial charge on any atom is 0.239 e. The van der Waals surface area contributed by atoms with Crippen LogP contribution in [-0.4, -0.2) is 36.3 Å². The number of carbonyl (C=O) groups is 2. The molecule has 0 aliphatic heterocycles. The maximum atomic E-state index is 11.8. The smallest absolute Gasteiger partial charge is 0.239 e. The first-order valence-corrected chi connectivity index (χ1v) is 7.53. The number of nitrogens with zero attached hydrogens (tertiary/aromatic N) is 1. The minimum absolute atomic E-state index is 0.0998. The Morgan fingerprint density at radius 3 is 2.62 bits per heavy atom. The molecule has 1 N–H and O–H groups in total. The van der Waals surface area contributed by atoms with Gasteiger partial charge in [0.05, 0.1) is 6.54 Å². The van der Waals surface area contributed by atoms with E-state index < -0.39 is 0 Å². The van der Waals surface area contributed by atoms with Gasteiger partial charge in [0.25, 0.3) is 0 Å². The molecule has 0 fully saturated rings. The van der Waals surface area contributed by atoms with Crippen LogP contribution in [0.4, 0.5) is 0 Å². The van der Waals surface area contributed by atoms with Crippen LogP contribution in [0.15, 0.2) is 24.3 Å². The largest absolute Gasteiger partial charge is 0.354 e. The number of benzene rings is 1. The van der Waals surface area contributed by atoms with Crippen LogP contribution in [0.3, 0.4) is 0 Å². The Balaban J connectivity index is 2.50. The van der Waals surface area contributed by atoms with E-state index in [9.17, 15) is 9.59 Å². The molecule has 21 heavy (non-hydrogen) atoms. The second kappa shape index (κ2) is 8.67. The van der Waals surface area contributed by atoms with E-state index in [1.807, 2.05) is 38.1 Å². The molecule has 0 aliphatic rings. The quantitative estimate of drug-likeness (QED) is 0.841. The Labute approximate surface area is 131 Å². The summed E-state index contributed by atoms with van der Waals surface area (Å²) in [6.45, 7) is 6.77. The van der Waals surface area contributed by atoms with Crippen molar-refractivity contribution < 1.29 is 9.59 Å². The number of halogens is 1. The third-order valence-corrected chi connectivity index (χ3v) is 3.28. The van der Waals surface area contributed by atoms with Crippen molar-refractivity contribution in [3.05, 3.63) is 34.9 Å². The fourth-order valence-corrected chi connectivity index (χ4v) is 2.06. The maximum absolute atomic E-state index is 11.8. The number of nitrogens with one attached hydrogen (secondary N) is 1. The standard InChI is InChI=1S/C16H23ClN2O2/c1-12(2)10-18-16(21)11-19(13(3)20)8-7-14-5-4-6-15(17)9-14/h4-6,9,12H,7-8,10-11H2,1-3H3,(H,18,21). The highest BCUT2D eigenvalue weighted by Crippen LogP contribution is 2.11. The van der Waals surface area contributed by atoms with Gasteiger partial charge in [-0.2, -0.15) is 0 Å². The van der Waals surface area contributed by atoms with Crippen molar-refractivity contribution in [3.8, 4) is 0 Å². The van der Waals surface area contributed by atoms with Gasteiger partial charge in [-0.15, -0.1) is 0 Å². The van der Waals surface area contributed by atoms with Gasteiger partial charge >= 0.3 is 0 Å². The van der Waals surface area contributed by atoms with Crippen LogP contribution < -0.4 is 5.32 Å². The Bertz CT molecular complexity index is 489. The molecule has 1 aromatic rings. The summed E-state index contributed by atoms with van der Waals surface area (Å²) in [5, 5.41) is 3.50. The van der Waals surface area contributed by atoms with E-state index in [1.165, 1.54) is 6.92 Å². The Hall–Kier alpha value is -1.55. The second-order valence-corrected chi connectivity index (χ2v) is 5.95. The molecular formula is C16H23ClN2O2. The van der Waals surface area contributed by atoms with Crippen LogP contribution in [-0.2, 0) is 16.0 Å². The third-order valence-electron chi connectivity index (χ3n) is 3.05. The molecule has 4 nitrogen and oxygen atoms in total. The molecule has 1 aromatic carbocycles. The van der Waals surface area contributed by atoms with Crippen molar-refractivity contribution in [1.82, 2.24) is 10.2 Å². The van der Waals surface area contributed by atoms with Gasteiger partial charge in [-0.1, -0.05) is 37.6 Å². The van der Waals surface area contributed by atoms with E-state index in [1.54, 1.807) is 4.90 Å². The lowest BCUT2D eigenvalue weighted by Gasteiger charge is -2.21. The molecule has 116 valence electrons. The highest BCUT2D eigenvalue weighted by molar-refractivity contribution is 6.30. The molecule has 2 amide bonds. The predicted molar refractivity (Wildman–Crippen MR) is 85.3 cm³/mol. The monoisotopic (exact) mass is 310 g/mol. The molecule has 0 aliphatic carbocycles. The van der Waals surface area contributed by atoms with Gasteiger partial charge in [-0.25, -0.2) is 0 Å². The number of hydrogen-bond donors (Lipinski definition) is 1. The van der Waals surface area contributed by atoms with Crippen molar-refractivity contribution in [2.75, 3.05) is 19.6 Å². The van der Waals surface area contributed by atoms with E-state index in [-0.39, 0.29) is 18.4 Å². The van der Waals surface area contributed by atoms with Crippen molar-refractivity contribution in [3.63, 3.8) is 0 Å². The number of rotatable bonds is 7. The molecule has 0 saturated heterocycles. The zero-order valence-electron chi connectivity index (χ0n) is 12.9. The molecular weight excluding hydrogens is 288 g/mol. The highest BCUT2D eigenvalue weighted by Gasteiger charge is 2.13. The first kappa shape index (κ1) is 17.5. The van der Waals surface area contributed by atoms with Gasteiger partial charge in [-0.3, -0.25) is 9.59 Å². The lowest BCUT2D eigenvalue weighted by molar-refractivity contribution is -0.134. The van der Waals surface area contributed by atoms with Crippen LogP contribution >= 0.6 is 11.6 Å². The highest BCUT2D eigenvalue weighted by atomic mass is 35.5. The SMILES string of the molecule is CC(=O)N(CCc1cccc(Cl)c1)CC(=O)NCC(C)C. The first-order chi connectivity index (χ1) is 9.88.